The summed E-state index contributed by atoms with van der Waals surface area (Å²) in [7, 11) is 0. The summed E-state index contributed by atoms with van der Waals surface area (Å²) < 4.78 is 22.8. The summed E-state index contributed by atoms with van der Waals surface area (Å²) in [6.07, 6.45) is -3.14. The van der Waals surface area contributed by atoms with E-state index in [1.165, 1.54) is 0 Å². The van der Waals surface area contributed by atoms with E-state index in [0.717, 1.165) is 0 Å². The van der Waals surface area contributed by atoms with Crippen molar-refractivity contribution in [1.82, 2.24) is 0 Å². The van der Waals surface area contributed by atoms with Crippen molar-refractivity contribution >= 4 is 0 Å². The molecule has 11 heteroatoms. The maximum atomic E-state index is 10.9. The highest BCUT2D eigenvalue weighted by molar-refractivity contribution is 5.04. The van der Waals surface area contributed by atoms with Crippen LogP contribution in [0.5, 0.6) is 0 Å². The zero-order chi connectivity index (χ0) is 21.3. The summed E-state index contributed by atoms with van der Waals surface area (Å²) in [6.45, 7) is 1.77. The molecule has 5 unspecified atom stereocenters. The third kappa shape index (κ3) is 5.25. The highest BCUT2D eigenvalue weighted by Crippen LogP contribution is 2.30. The van der Waals surface area contributed by atoms with Crippen LogP contribution in [0.15, 0.2) is 11.8 Å². The van der Waals surface area contributed by atoms with Crippen LogP contribution in [0.3, 0.4) is 0 Å². The van der Waals surface area contributed by atoms with Gasteiger partial charge in [-0.2, -0.15) is 0 Å². The Morgan fingerprint density at radius 1 is 1.10 bits per heavy atom. The molecule has 0 aromatic heterocycles. The van der Waals surface area contributed by atoms with E-state index in [1.54, 1.807) is 13.0 Å². The van der Waals surface area contributed by atoms with Crippen LogP contribution in [0, 0.1) is 0 Å². The molecular weight excluding hydrogens is 384 g/mol. The maximum Gasteiger partial charge on any atom is 0.215 e. The van der Waals surface area contributed by atoms with Gasteiger partial charge in [-0.1, -0.05) is 0 Å². The van der Waals surface area contributed by atoms with Gasteiger partial charge >= 0.3 is 0 Å². The van der Waals surface area contributed by atoms with Crippen molar-refractivity contribution in [3.8, 4) is 0 Å². The Bertz CT molecular complexity index is 593. The first-order valence-corrected chi connectivity index (χ1v) is 9.95. The summed E-state index contributed by atoms with van der Waals surface area (Å²) in [5.74, 6) is 0.561. The standard InChI is InChI=1S/C18H34N4O7/c1-18(25)5-12(23)17(26-7-18)29-15-11(22)4-10(21)14(13(15)24)28-16-9(20)3-2-8(6-19)27-16/h2,9-17,23-25H,3-7,19-22H2,1H3/t9-,10?,11?,12?,13?,14-,15+,16-,17?,18-/m1/s1. The first-order valence-electron chi connectivity index (χ1n) is 9.95. The average molecular weight is 418 g/mol. The fourth-order valence-corrected chi connectivity index (χ4v) is 3.98. The number of ether oxygens (including phenoxy) is 4. The van der Waals surface area contributed by atoms with Crippen molar-refractivity contribution in [2.24, 2.45) is 22.9 Å². The minimum Gasteiger partial charge on any atom is -0.467 e. The molecule has 2 fully saturated rings. The van der Waals surface area contributed by atoms with Crippen LogP contribution in [0.4, 0.5) is 0 Å². The Labute approximate surface area is 169 Å². The van der Waals surface area contributed by atoms with Crippen molar-refractivity contribution in [2.45, 2.75) is 86.9 Å². The molecule has 11 N–H and O–H groups in total. The lowest BCUT2D eigenvalue weighted by atomic mass is 9.84. The third-order valence-electron chi connectivity index (χ3n) is 5.60. The molecule has 0 amide bonds. The van der Waals surface area contributed by atoms with Crippen LogP contribution < -0.4 is 22.9 Å². The second kappa shape index (κ2) is 9.10. The molecule has 0 aromatic carbocycles. The maximum absolute atomic E-state index is 10.9. The van der Waals surface area contributed by atoms with E-state index in [1.807, 2.05) is 0 Å². The number of hydrogen-bond acceptors (Lipinski definition) is 11. The van der Waals surface area contributed by atoms with Crippen molar-refractivity contribution in [2.75, 3.05) is 13.2 Å². The van der Waals surface area contributed by atoms with Crippen LogP contribution in [-0.2, 0) is 18.9 Å². The van der Waals surface area contributed by atoms with Gasteiger partial charge in [0.15, 0.2) is 6.29 Å². The smallest absolute Gasteiger partial charge is 0.215 e. The molecule has 0 spiro atoms. The van der Waals surface area contributed by atoms with Gasteiger partial charge in [-0.25, -0.2) is 0 Å². The third-order valence-corrected chi connectivity index (χ3v) is 5.60. The average Bonchev–Trinajstić information content (AvgIpc) is 2.64. The normalized spacial score (nSPS) is 48.7. The van der Waals surface area contributed by atoms with Gasteiger partial charge in [0, 0.05) is 18.5 Å². The molecule has 0 aromatic rings. The van der Waals surface area contributed by atoms with Gasteiger partial charge in [0.1, 0.15) is 30.2 Å². The van der Waals surface area contributed by atoms with Crippen molar-refractivity contribution in [3.05, 3.63) is 11.8 Å². The fraction of sp³-hybridized carbons (Fsp3) is 0.889. The lowest BCUT2D eigenvalue weighted by molar-refractivity contribution is -0.296. The first kappa shape index (κ1) is 22.8. The Balaban J connectivity index is 1.66. The van der Waals surface area contributed by atoms with Crippen LogP contribution >= 0.6 is 0 Å². The number of aliphatic hydroxyl groups excluding tert-OH is 2. The monoisotopic (exact) mass is 418 g/mol. The molecule has 2 heterocycles. The number of nitrogens with two attached hydrogens (primary N) is 4. The predicted molar refractivity (Wildman–Crippen MR) is 102 cm³/mol. The molecule has 1 aliphatic carbocycles. The van der Waals surface area contributed by atoms with E-state index in [2.05, 4.69) is 0 Å². The Kier molecular flexibility index (Phi) is 7.16. The molecule has 168 valence electrons. The van der Waals surface area contributed by atoms with E-state index in [-0.39, 0.29) is 19.6 Å². The molecule has 1 saturated heterocycles. The first-order chi connectivity index (χ1) is 13.6. The molecule has 2 aliphatic heterocycles. The molecule has 0 radical (unpaired) electrons. The summed E-state index contributed by atoms with van der Waals surface area (Å²) in [6, 6.07) is -1.61. The highest BCUT2D eigenvalue weighted by Gasteiger charge is 2.48. The minimum atomic E-state index is -1.20. The van der Waals surface area contributed by atoms with E-state index < -0.39 is 60.7 Å². The van der Waals surface area contributed by atoms with E-state index in [0.29, 0.717) is 18.6 Å². The van der Waals surface area contributed by atoms with Gasteiger partial charge in [-0.15, -0.1) is 0 Å². The van der Waals surface area contributed by atoms with E-state index in [9.17, 15) is 15.3 Å². The van der Waals surface area contributed by atoms with Crippen molar-refractivity contribution in [1.29, 1.82) is 0 Å². The van der Waals surface area contributed by atoms with Crippen LogP contribution in [0.1, 0.15) is 26.2 Å². The zero-order valence-electron chi connectivity index (χ0n) is 16.6. The van der Waals surface area contributed by atoms with Crippen LogP contribution in [0.2, 0.25) is 0 Å². The van der Waals surface area contributed by atoms with E-state index >= 15 is 0 Å². The second-order valence-electron chi connectivity index (χ2n) is 8.46. The lowest BCUT2D eigenvalue weighted by Crippen LogP contribution is -2.65. The van der Waals surface area contributed by atoms with Crippen molar-refractivity contribution < 1.29 is 34.3 Å². The number of hydrogen-bond donors (Lipinski definition) is 7. The zero-order valence-corrected chi connectivity index (χ0v) is 16.6. The van der Waals surface area contributed by atoms with Gasteiger partial charge in [0.2, 0.25) is 6.29 Å². The molecule has 3 rings (SSSR count). The SMILES string of the molecule is C[C@]1(O)COC(O[C@H]2C(N)CC(N)[C@@H](O[C@H]3OC(CN)=CC[C@H]3N)C2O)C(O)C1. The number of rotatable bonds is 5. The Hall–Kier alpha value is -0.860. The summed E-state index contributed by atoms with van der Waals surface area (Å²) >= 11 is 0. The molecule has 10 atom stereocenters. The lowest BCUT2D eigenvalue weighted by Gasteiger charge is -2.46. The quantitative estimate of drug-likeness (QED) is 0.239. The molecule has 3 aliphatic rings. The molecule has 11 nitrogen and oxygen atoms in total. The Morgan fingerprint density at radius 3 is 2.31 bits per heavy atom. The summed E-state index contributed by atoms with van der Waals surface area (Å²) in [5, 5.41) is 31.1. The molecule has 1 saturated carbocycles. The summed E-state index contributed by atoms with van der Waals surface area (Å²) in [4.78, 5) is 0. The van der Waals surface area contributed by atoms with Gasteiger partial charge in [0.25, 0.3) is 0 Å². The van der Waals surface area contributed by atoms with Crippen LogP contribution in [0.25, 0.3) is 0 Å². The van der Waals surface area contributed by atoms with Crippen molar-refractivity contribution in [3.63, 3.8) is 0 Å². The largest absolute Gasteiger partial charge is 0.467 e. The highest BCUT2D eigenvalue weighted by atomic mass is 16.7. The van der Waals surface area contributed by atoms with Gasteiger partial charge in [0.05, 0.1) is 24.8 Å². The van der Waals surface area contributed by atoms with Gasteiger partial charge in [-0.3, -0.25) is 0 Å². The topological polar surface area (TPSA) is 202 Å². The second-order valence-corrected chi connectivity index (χ2v) is 8.46. The van der Waals surface area contributed by atoms with E-state index in [4.69, 9.17) is 41.9 Å². The van der Waals surface area contributed by atoms with Crippen LogP contribution in [-0.4, -0.2) is 89.2 Å². The Morgan fingerprint density at radius 2 is 1.72 bits per heavy atom. The molecular formula is C18H34N4O7. The minimum absolute atomic E-state index is 0.00874. The fourth-order valence-electron chi connectivity index (χ4n) is 3.98. The summed E-state index contributed by atoms with van der Waals surface area (Å²) in [5.41, 5.74) is 22.9. The molecule has 29 heavy (non-hydrogen) atoms. The number of aliphatic hydroxyl groups is 3. The van der Waals surface area contributed by atoms with Gasteiger partial charge in [-0.05, 0) is 25.8 Å². The predicted octanol–water partition coefficient (Wildman–Crippen LogP) is -3.05. The molecule has 0 bridgehead atoms. The van der Waals surface area contributed by atoms with Gasteiger partial charge < -0.3 is 57.2 Å².